The fourth-order valence-electron chi connectivity index (χ4n) is 17.1. The molecule has 13 aromatic carbocycles. The van der Waals surface area contributed by atoms with Gasteiger partial charge in [-0.3, -0.25) is 9.13 Å². The Kier molecular flexibility index (Phi) is 14.6. The van der Waals surface area contributed by atoms with Crippen LogP contribution in [0.1, 0.15) is 18.9 Å². The molecule has 1 aliphatic rings. The number of benzene rings is 13. The lowest BCUT2D eigenvalue weighted by Gasteiger charge is -2.38. The van der Waals surface area contributed by atoms with Crippen LogP contribution in [0.3, 0.4) is 0 Å². The summed E-state index contributed by atoms with van der Waals surface area (Å²) in [5, 5.41) is 20.6. The van der Waals surface area contributed by atoms with Gasteiger partial charge >= 0.3 is 0 Å². The second-order valence-electron chi connectivity index (χ2n) is 27.3. The van der Waals surface area contributed by atoms with Gasteiger partial charge in [-0.1, -0.05) is 297 Å². The van der Waals surface area contributed by atoms with E-state index in [2.05, 4.69) is 344 Å². The van der Waals surface area contributed by atoms with Crippen molar-refractivity contribution in [2.24, 2.45) is 5.92 Å². The molecule has 6 heterocycles. The highest BCUT2D eigenvalue weighted by Crippen LogP contribution is 2.47. The third-order valence-corrected chi connectivity index (χ3v) is 33.6. The first-order chi connectivity index (χ1) is 51.0. The Hall–Kier alpha value is -12.0. The quantitative estimate of drug-likeness (QED) is 0.0852. The molecule has 0 aliphatic heterocycles. The van der Waals surface area contributed by atoms with Crippen LogP contribution >= 0.6 is 22.7 Å². The second-order valence-corrected chi connectivity index (χ2v) is 37.1. The molecular formula is C93H64N6S2Si2. The van der Waals surface area contributed by atoms with E-state index in [4.69, 9.17) is 19.9 Å². The third-order valence-electron chi connectivity index (χ3n) is 21.6. The fraction of sp³-hybridized carbons (Fsp3) is 0.0323. The summed E-state index contributed by atoms with van der Waals surface area (Å²) in [4.78, 5) is 21.4. The van der Waals surface area contributed by atoms with E-state index in [0.717, 1.165) is 67.3 Å². The largest absolute Gasteiger partial charge is 0.278 e. The summed E-state index contributed by atoms with van der Waals surface area (Å²) in [6, 6.07) is 117. The van der Waals surface area contributed by atoms with E-state index in [0.29, 0.717) is 17.8 Å². The number of allylic oxidation sites excluding steroid dienone is 4. The van der Waals surface area contributed by atoms with E-state index in [1.165, 1.54) is 98.0 Å². The maximum Gasteiger partial charge on any atom is 0.234 e. The van der Waals surface area contributed by atoms with Crippen molar-refractivity contribution in [3.05, 3.63) is 363 Å². The van der Waals surface area contributed by atoms with Gasteiger partial charge < -0.3 is 0 Å². The van der Waals surface area contributed by atoms with Crippen molar-refractivity contribution in [2.45, 2.75) is 13.3 Å². The van der Waals surface area contributed by atoms with Crippen molar-refractivity contribution in [1.29, 1.82) is 0 Å². The van der Waals surface area contributed by atoms with Crippen LogP contribution in [-0.4, -0.2) is 45.2 Å². The van der Waals surface area contributed by atoms with Gasteiger partial charge in [0, 0.05) is 93.1 Å². The van der Waals surface area contributed by atoms with Gasteiger partial charge in [0.1, 0.15) is 0 Å². The molecule has 0 bridgehead atoms. The smallest absolute Gasteiger partial charge is 0.234 e. The van der Waals surface area contributed by atoms with Crippen LogP contribution in [0, 0.1) is 5.92 Å². The molecule has 0 N–H and O–H groups in total. The van der Waals surface area contributed by atoms with E-state index >= 15 is 0 Å². The van der Waals surface area contributed by atoms with Gasteiger partial charge in [-0.25, -0.2) is 19.9 Å². The lowest BCUT2D eigenvalue weighted by Crippen LogP contribution is -2.74. The summed E-state index contributed by atoms with van der Waals surface area (Å²) in [7, 11) is -5.52. The van der Waals surface area contributed by atoms with Gasteiger partial charge in [0.05, 0.1) is 26.8 Å². The number of aromatic nitrogens is 6. The van der Waals surface area contributed by atoms with Crippen LogP contribution in [0.25, 0.3) is 124 Å². The molecule has 10 heteroatoms. The first-order valence-corrected chi connectivity index (χ1v) is 40.9. The van der Waals surface area contributed by atoms with Gasteiger partial charge in [-0.05, 0) is 113 Å². The molecule has 6 nitrogen and oxygen atoms in total. The maximum absolute atomic E-state index is 5.35. The van der Waals surface area contributed by atoms with Crippen LogP contribution < -0.4 is 36.3 Å². The van der Waals surface area contributed by atoms with E-state index < -0.39 is 16.1 Å². The van der Waals surface area contributed by atoms with E-state index in [1.54, 1.807) is 0 Å². The Morgan fingerprint density at radius 2 is 0.806 bits per heavy atom. The number of para-hydroxylation sites is 1. The average Bonchev–Trinajstić information content (AvgIpc) is 1.70. The minimum atomic E-state index is -2.79. The predicted molar refractivity (Wildman–Crippen MR) is 440 cm³/mol. The SMILES string of the molecule is CC1C=C(c2cnc(-n3c4ccccc4c4ccc5c6cc(-c7ccc8c9c%10c(ccc9n(-c9ncc(-c%11cccc([Si](c%12ccccc%12)(c%12ccccc%12)c%12ccccc%12)c%11)cn9)c8c7)sc7ccccc7%10)ccc6sc5c43)nc2)C=C([Si](c2ccccc2)(c2ccccc2)c2ccccc2)C1. The zero-order chi connectivity index (χ0) is 68.2. The monoisotopic (exact) mass is 1380 g/mol. The van der Waals surface area contributed by atoms with E-state index in [9.17, 15) is 0 Å². The highest BCUT2D eigenvalue weighted by atomic mass is 32.1. The minimum Gasteiger partial charge on any atom is -0.278 e. The van der Waals surface area contributed by atoms with Gasteiger partial charge in [0.15, 0.2) is 16.1 Å². The van der Waals surface area contributed by atoms with Crippen molar-refractivity contribution in [3.8, 4) is 34.2 Å². The average molecular weight is 1390 g/mol. The van der Waals surface area contributed by atoms with Crippen molar-refractivity contribution in [3.63, 3.8) is 0 Å². The van der Waals surface area contributed by atoms with Gasteiger partial charge in [-0.15, -0.1) is 22.7 Å². The maximum atomic E-state index is 5.35. The Morgan fingerprint density at radius 3 is 1.44 bits per heavy atom. The van der Waals surface area contributed by atoms with Crippen LogP contribution in [0.15, 0.2) is 358 Å². The number of hydrogen-bond donors (Lipinski definition) is 0. The molecule has 1 aliphatic carbocycles. The molecule has 0 amide bonds. The Labute approximate surface area is 605 Å². The summed E-state index contributed by atoms with van der Waals surface area (Å²) in [6.07, 6.45) is 14.0. The molecule has 1 atom stereocenters. The highest BCUT2D eigenvalue weighted by Gasteiger charge is 2.45. The summed E-state index contributed by atoms with van der Waals surface area (Å²) >= 11 is 3.69. The highest BCUT2D eigenvalue weighted by molar-refractivity contribution is 7.27. The van der Waals surface area contributed by atoms with Gasteiger partial charge in [0.2, 0.25) is 11.9 Å². The zero-order valence-electron chi connectivity index (χ0n) is 56.3. The van der Waals surface area contributed by atoms with E-state index in [-0.39, 0.29) is 0 Å². The molecule has 0 radical (unpaired) electrons. The van der Waals surface area contributed by atoms with E-state index in [1.807, 2.05) is 47.5 Å². The van der Waals surface area contributed by atoms with Gasteiger partial charge in [-0.2, -0.15) is 0 Å². The van der Waals surface area contributed by atoms with Crippen LogP contribution in [0.2, 0.25) is 0 Å². The van der Waals surface area contributed by atoms with Crippen LogP contribution in [-0.2, 0) is 0 Å². The Morgan fingerprint density at radius 1 is 0.320 bits per heavy atom. The number of rotatable bonds is 13. The summed E-state index contributed by atoms with van der Waals surface area (Å²) in [6.45, 7) is 2.35. The molecule has 1 unspecified atom stereocenters. The van der Waals surface area contributed by atoms with Crippen molar-refractivity contribution < 1.29 is 0 Å². The Bertz CT molecular complexity index is 6380. The molecule has 0 saturated heterocycles. The van der Waals surface area contributed by atoms with Crippen molar-refractivity contribution >= 4 is 165 Å². The molecule has 19 aromatic rings. The molecule has 0 spiro atoms. The standard InChI is InChI=1S/C93H64N6S2Si2/c1-61-51-65(54-75(52-61)103(71-32-14-5-15-33-71,72-34-16-6-17-35-72)73-36-18-7-19-37-73)67-59-96-93(97-60-67)99-82-41-22-20-39-76(82)77-46-47-78-81-55-63(44-49-86(81)101-91(78)90(77)99)64-43-45-79-84(56-64)98(83-48-50-87-89(88(79)83)80-40-21-23-42-85(80)100-87)92-94-57-66(58-95-92)62-25-24-38-74(53-62)102(68-26-8-2-9-27-68,69-28-10-3-11-29-69)70-30-12-4-13-31-70/h2-51,53-61H,52H2,1H3. The summed E-state index contributed by atoms with van der Waals surface area (Å²) in [5.74, 6) is 1.57. The van der Waals surface area contributed by atoms with Gasteiger partial charge in [0.25, 0.3) is 0 Å². The first kappa shape index (κ1) is 60.9. The minimum absolute atomic E-state index is 0.301. The number of hydrogen-bond acceptors (Lipinski definition) is 6. The lowest BCUT2D eigenvalue weighted by atomic mass is 9.94. The van der Waals surface area contributed by atoms with Crippen molar-refractivity contribution in [1.82, 2.24) is 29.1 Å². The molecule has 20 rings (SSSR count). The predicted octanol–water partition coefficient (Wildman–Crippen LogP) is 19.0. The number of thiophene rings is 2. The second kappa shape index (κ2) is 24.7. The Balaban J connectivity index is 0.695. The van der Waals surface area contributed by atoms with Crippen molar-refractivity contribution in [2.75, 3.05) is 0 Å². The normalized spacial score (nSPS) is 13.7. The molecule has 6 aromatic heterocycles. The number of fused-ring (bicyclic) bond motifs is 14. The fourth-order valence-corrected chi connectivity index (χ4v) is 29.4. The first-order valence-electron chi connectivity index (χ1n) is 35.3. The molecule has 103 heavy (non-hydrogen) atoms. The summed E-state index contributed by atoms with van der Waals surface area (Å²) < 4.78 is 9.54. The third kappa shape index (κ3) is 9.70. The molecule has 486 valence electrons. The number of nitrogens with zero attached hydrogens (tertiary/aromatic N) is 6. The summed E-state index contributed by atoms with van der Waals surface area (Å²) in [5.41, 5.74) is 10.8. The zero-order valence-corrected chi connectivity index (χ0v) is 59.9. The molecule has 0 fully saturated rings. The molecule has 0 saturated carbocycles. The molecular weight excluding hydrogens is 1320 g/mol. The lowest BCUT2D eigenvalue weighted by molar-refractivity contribution is 0.728. The van der Waals surface area contributed by atoms with Crippen LogP contribution in [0.5, 0.6) is 0 Å². The topological polar surface area (TPSA) is 61.4 Å². The van der Waals surface area contributed by atoms with Crippen LogP contribution in [0.4, 0.5) is 0 Å².